The van der Waals surface area contributed by atoms with E-state index >= 15 is 0 Å². The minimum Gasteiger partial charge on any atom is -0.273 e. The molecule has 0 aromatic heterocycles. The summed E-state index contributed by atoms with van der Waals surface area (Å²) >= 11 is 1.28. The van der Waals surface area contributed by atoms with Crippen molar-refractivity contribution in [3.63, 3.8) is 0 Å². The second-order valence-corrected chi connectivity index (χ2v) is 5.65. The van der Waals surface area contributed by atoms with Crippen molar-refractivity contribution >= 4 is 28.5 Å². The van der Waals surface area contributed by atoms with Crippen LogP contribution in [-0.2, 0) is 11.0 Å². The summed E-state index contributed by atoms with van der Waals surface area (Å²) in [7, 11) is 0. The van der Waals surface area contributed by atoms with Gasteiger partial charge >= 0.3 is 6.18 Å². The fraction of sp³-hybridized carbons (Fsp3) is 0.385. The topological polar surface area (TPSA) is 32.7 Å². The molecule has 0 spiro atoms. The highest BCUT2D eigenvalue weighted by atomic mass is 32.2. The van der Waals surface area contributed by atoms with Crippen LogP contribution in [0.4, 0.5) is 18.9 Å². The average molecular weight is 300 g/mol. The third kappa shape index (κ3) is 2.67. The van der Waals surface area contributed by atoms with Gasteiger partial charge in [-0.05, 0) is 31.0 Å². The van der Waals surface area contributed by atoms with Crippen molar-refractivity contribution in [2.45, 2.75) is 25.1 Å². The fourth-order valence-electron chi connectivity index (χ4n) is 1.89. The van der Waals surface area contributed by atoms with E-state index in [0.29, 0.717) is 5.17 Å². The highest BCUT2D eigenvalue weighted by Gasteiger charge is 2.35. The Hall–Kier alpha value is -1.50. The first-order valence-corrected chi connectivity index (χ1v) is 7.14. The predicted octanol–water partition coefficient (Wildman–Crippen LogP) is 3.30. The lowest BCUT2D eigenvalue weighted by molar-refractivity contribution is -0.137. The molecule has 1 saturated heterocycles. The molecule has 106 valence electrons. The van der Waals surface area contributed by atoms with E-state index in [9.17, 15) is 18.0 Å². The van der Waals surface area contributed by atoms with Crippen molar-refractivity contribution in [3.05, 3.63) is 29.8 Å². The monoisotopic (exact) mass is 300 g/mol. The van der Waals surface area contributed by atoms with Gasteiger partial charge in [-0.15, -0.1) is 0 Å². The second-order valence-electron chi connectivity index (χ2n) is 4.71. The van der Waals surface area contributed by atoms with E-state index in [-0.39, 0.29) is 23.4 Å². The van der Waals surface area contributed by atoms with E-state index in [0.717, 1.165) is 25.0 Å². The van der Waals surface area contributed by atoms with Gasteiger partial charge in [0.1, 0.15) is 0 Å². The number of rotatable bonds is 2. The third-order valence-electron chi connectivity index (χ3n) is 3.04. The van der Waals surface area contributed by atoms with E-state index in [2.05, 4.69) is 4.99 Å². The summed E-state index contributed by atoms with van der Waals surface area (Å²) < 4.78 is 38.2. The molecule has 1 heterocycles. The summed E-state index contributed by atoms with van der Waals surface area (Å²) in [6, 6.07) is 5.02. The summed E-state index contributed by atoms with van der Waals surface area (Å²) in [5.74, 6) is -0.00403. The van der Waals surface area contributed by atoms with Crippen LogP contribution in [0.3, 0.4) is 0 Å². The van der Waals surface area contributed by atoms with Crippen molar-refractivity contribution < 1.29 is 18.0 Å². The van der Waals surface area contributed by atoms with Crippen molar-refractivity contribution in [2.75, 3.05) is 10.7 Å². The molecule has 1 aliphatic heterocycles. The van der Waals surface area contributed by atoms with Crippen LogP contribution >= 0.6 is 11.8 Å². The molecule has 3 rings (SSSR count). The number of carbonyl (C=O) groups excluding carboxylic acids is 1. The molecule has 1 saturated carbocycles. The zero-order valence-corrected chi connectivity index (χ0v) is 11.2. The molecule has 2 fully saturated rings. The van der Waals surface area contributed by atoms with Crippen LogP contribution in [0.1, 0.15) is 18.4 Å². The van der Waals surface area contributed by atoms with Gasteiger partial charge in [-0.1, -0.05) is 17.8 Å². The summed E-state index contributed by atoms with van der Waals surface area (Å²) in [4.78, 5) is 17.6. The fourth-order valence-corrected chi connectivity index (χ4v) is 2.83. The van der Waals surface area contributed by atoms with E-state index < -0.39 is 11.7 Å². The van der Waals surface area contributed by atoms with Crippen LogP contribution < -0.4 is 4.90 Å². The Morgan fingerprint density at radius 1 is 1.30 bits per heavy atom. The minimum absolute atomic E-state index is 0.219. The number of anilines is 1. The number of carbonyl (C=O) groups is 1. The third-order valence-corrected chi connectivity index (χ3v) is 3.97. The predicted molar refractivity (Wildman–Crippen MR) is 71.8 cm³/mol. The molecule has 1 aromatic carbocycles. The molecule has 2 aliphatic rings. The molecule has 1 aromatic rings. The van der Waals surface area contributed by atoms with Gasteiger partial charge in [-0.2, -0.15) is 13.2 Å². The number of nitrogens with zero attached hydrogens (tertiary/aromatic N) is 2. The van der Waals surface area contributed by atoms with Crippen LogP contribution in [-0.4, -0.2) is 22.9 Å². The minimum atomic E-state index is -4.42. The first-order chi connectivity index (χ1) is 9.45. The highest BCUT2D eigenvalue weighted by molar-refractivity contribution is 8.15. The Morgan fingerprint density at radius 2 is 2.05 bits per heavy atom. The average Bonchev–Trinajstić information content (AvgIpc) is 3.12. The Bertz CT molecular complexity index is 581. The van der Waals surface area contributed by atoms with E-state index in [1.165, 1.54) is 28.8 Å². The summed E-state index contributed by atoms with van der Waals surface area (Å²) in [5.41, 5.74) is -0.528. The van der Waals surface area contributed by atoms with Crippen molar-refractivity contribution in [3.8, 4) is 0 Å². The highest BCUT2D eigenvalue weighted by Crippen LogP contribution is 2.35. The number of alkyl halides is 3. The van der Waals surface area contributed by atoms with Crippen LogP contribution in [0.25, 0.3) is 0 Å². The second kappa shape index (κ2) is 4.80. The normalized spacial score (nSPS) is 21.9. The summed E-state index contributed by atoms with van der Waals surface area (Å²) in [5, 5.41) is 0.511. The Balaban J connectivity index is 1.96. The Morgan fingerprint density at radius 3 is 2.70 bits per heavy atom. The molecule has 20 heavy (non-hydrogen) atoms. The Labute approximate surface area is 117 Å². The van der Waals surface area contributed by atoms with Crippen molar-refractivity contribution in [1.82, 2.24) is 0 Å². The van der Waals surface area contributed by atoms with Gasteiger partial charge in [-0.3, -0.25) is 14.7 Å². The molecule has 3 nitrogen and oxygen atoms in total. The number of halogens is 3. The quantitative estimate of drug-likeness (QED) is 0.839. The molecule has 0 N–H and O–H groups in total. The van der Waals surface area contributed by atoms with Gasteiger partial charge in [0.15, 0.2) is 5.17 Å². The van der Waals surface area contributed by atoms with E-state index in [1.54, 1.807) is 0 Å². The molecule has 0 unspecified atom stereocenters. The van der Waals surface area contributed by atoms with E-state index in [1.807, 2.05) is 0 Å². The first kappa shape index (κ1) is 13.5. The number of amidine groups is 1. The summed E-state index contributed by atoms with van der Waals surface area (Å²) in [6.45, 7) is 0. The van der Waals surface area contributed by atoms with Gasteiger partial charge in [0.05, 0.1) is 23.0 Å². The van der Waals surface area contributed by atoms with Gasteiger partial charge in [0, 0.05) is 0 Å². The van der Waals surface area contributed by atoms with Gasteiger partial charge in [0.25, 0.3) is 0 Å². The zero-order chi connectivity index (χ0) is 14.3. The van der Waals surface area contributed by atoms with Gasteiger partial charge < -0.3 is 0 Å². The van der Waals surface area contributed by atoms with Gasteiger partial charge in [0.2, 0.25) is 5.91 Å². The molecule has 7 heteroatoms. The van der Waals surface area contributed by atoms with Crippen molar-refractivity contribution in [1.29, 1.82) is 0 Å². The van der Waals surface area contributed by atoms with Gasteiger partial charge in [-0.25, -0.2) is 0 Å². The lowest BCUT2D eigenvalue weighted by Crippen LogP contribution is -2.29. The molecular formula is C13H11F3N2OS. The molecule has 0 bridgehead atoms. The lowest BCUT2D eigenvalue weighted by Gasteiger charge is -2.17. The van der Waals surface area contributed by atoms with Crippen molar-refractivity contribution in [2.24, 2.45) is 4.99 Å². The van der Waals surface area contributed by atoms with Crippen LogP contribution in [0.15, 0.2) is 29.3 Å². The summed E-state index contributed by atoms with van der Waals surface area (Å²) in [6.07, 6.45) is -2.46. The number of hydrogen-bond donors (Lipinski definition) is 0. The number of benzene rings is 1. The SMILES string of the molecule is O=C1CSC(=NC2CC2)N1c1cccc(C(F)(F)F)c1. The Kier molecular flexibility index (Phi) is 3.24. The standard InChI is InChI=1S/C13H11F3N2OS/c14-13(15,16)8-2-1-3-10(6-8)18-11(19)7-20-12(18)17-9-4-5-9/h1-3,6,9H,4-5,7H2. The lowest BCUT2D eigenvalue weighted by atomic mass is 10.2. The maximum atomic E-state index is 12.7. The molecule has 0 atom stereocenters. The van der Waals surface area contributed by atoms with Crippen LogP contribution in [0, 0.1) is 0 Å². The first-order valence-electron chi connectivity index (χ1n) is 6.16. The number of amides is 1. The molecule has 1 aliphatic carbocycles. The number of aliphatic imine (C=N–C) groups is 1. The number of thioether (sulfide) groups is 1. The maximum Gasteiger partial charge on any atom is 0.416 e. The van der Waals surface area contributed by atoms with E-state index in [4.69, 9.17) is 0 Å². The zero-order valence-electron chi connectivity index (χ0n) is 10.4. The molecule has 1 amide bonds. The van der Waals surface area contributed by atoms with Crippen LogP contribution in [0.5, 0.6) is 0 Å². The molecule has 0 radical (unpaired) electrons. The smallest absolute Gasteiger partial charge is 0.273 e. The maximum absolute atomic E-state index is 12.7. The van der Waals surface area contributed by atoms with Crippen LogP contribution in [0.2, 0.25) is 0 Å². The largest absolute Gasteiger partial charge is 0.416 e. The molecular weight excluding hydrogens is 289 g/mol. The number of hydrogen-bond acceptors (Lipinski definition) is 3.